The number of amides is 3. The average Bonchev–Trinajstić information content (AvgIpc) is 3.37. The van der Waals surface area contributed by atoms with Gasteiger partial charge in [-0.05, 0) is 90.4 Å². The Morgan fingerprint density at radius 1 is 0.767 bits per heavy atom. The number of nitrogens with one attached hydrogen (secondary N) is 1. The number of anilines is 1. The summed E-state index contributed by atoms with van der Waals surface area (Å²) in [7, 11) is 4.36. The molecule has 3 amide bonds. The maximum absolute atomic E-state index is 12.9. The third-order valence-electron chi connectivity index (χ3n) is 9.33. The highest BCUT2D eigenvalue weighted by Crippen LogP contribution is 2.28. The lowest BCUT2D eigenvalue weighted by molar-refractivity contribution is 0.0581. The molecule has 3 fully saturated rings. The molecule has 9 heteroatoms. The fourth-order valence-corrected chi connectivity index (χ4v) is 6.68. The van der Waals surface area contributed by atoms with E-state index in [9.17, 15) is 9.59 Å². The van der Waals surface area contributed by atoms with Crippen molar-refractivity contribution in [3.63, 3.8) is 0 Å². The van der Waals surface area contributed by atoms with E-state index in [1.807, 2.05) is 64.4 Å². The zero-order valence-corrected chi connectivity index (χ0v) is 26.1. The van der Waals surface area contributed by atoms with E-state index in [1.54, 1.807) is 0 Å². The number of nitrogens with zero attached hydrogens (tertiary/aromatic N) is 5. The summed E-state index contributed by atoms with van der Waals surface area (Å²) in [4.78, 5) is 37.0. The van der Waals surface area contributed by atoms with Gasteiger partial charge in [0, 0.05) is 50.9 Å². The van der Waals surface area contributed by atoms with E-state index in [1.165, 1.54) is 25.9 Å². The topological polar surface area (TPSA) is 71.6 Å². The highest BCUT2D eigenvalue weighted by Gasteiger charge is 2.29. The van der Waals surface area contributed by atoms with Crippen LogP contribution in [0.2, 0.25) is 0 Å². The number of hydrogen-bond donors (Lipinski definition) is 1. The van der Waals surface area contributed by atoms with Crippen LogP contribution in [-0.2, 0) is 4.74 Å². The molecule has 2 aromatic rings. The molecule has 0 radical (unpaired) electrons. The fourth-order valence-electron chi connectivity index (χ4n) is 6.68. The van der Waals surface area contributed by atoms with Crippen LogP contribution < -0.4 is 5.32 Å². The Balaban J connectivity index is 0.944. The minimum atomic E-state index is -0.396. The van der Waals surface area contributed by atoms with Gasteiger partial charge < -0.3 is 29.2 Å². The Bertz CT molecular complexity index is 1160. The van der Waals surface area contributed by atoms with Gasteiger partial charge in [0.2, 0.25) is 0 Å². The van der Waals surface area contributed by atoms with Crippen molar-refractivity contribution in [3.05, 3.63) is 54.6 Å². The van der Waals surface area contributed by atoms with Gasteiger partial charge in [0.1, 0.15) is 6.10 Å². The number of benzene rings is 2. The molecule has 0 aromatic heterocycles. The molecule has 0 saturated carbocycles. The first-order valence-corrected chi connectivity index (χ1v) is 16.2. The zero-order valence-electron chi connectivity index (χ0n) is 26.1. The van der Waals surface area contributed by atoms with Gasteiger partial charge >= 0.3 is 12.1 Å². The lowest BCUT2D eigenvalue weighted by Crippen LogP contribution is -2.43. The minimum absolute atomic E-state index is 0.0757. The lowest BCUT2D eigenvalue weighted by atomic mass is 10.0. The number of hydrogen-bond acceptors (Lipinski definition) is 6. The average molecular weight is 591 g/mol. The Kier molecular flexibility index (Phi) is 11.3. The van der Waals surface area contributed by atoms with Gasteiger partial charge in [0.25, 0.3) is 0 Å². The first-order chi connectivity index (χ1) is 21.0. The van der Waals surface area contributed by atoms with Gasteiger partial charge in [-0.3, -0.25) is 5.32 Å². The van der Waals surface area contributed by atoms with Crippen LogP contribution in [0.5, 0.6) is 0 Å². The minimum Gasteiger partial charge on any atom is -0.446 e. The number of rotatable bonds is 12. The predicted octanol–water partition coefficient (Wildman–Crippen LogP) is 4.91. The molecule has 3 saturated heterocycles. The van der Waals surface area contributed by atoms with Crippen molar-refractivity contribution in [1.29, 1.82) is 0 Å². The van der Waals surface area contributed by atoms with Crippen molar-refractivity contribution in [3.8, 4) is 11.1 Å². The molecule has 43 heavy (non-hydrogen) atoms. The molecule has 3 aliphatic rings. The Hall–Kier alpha value is -3.14. The summed E-state index contributed by atoms with van der Waals surface area (Å²) in [5.41, 5.74) is 2.79. The van der Waals surface area contributed by atoms with Crippen molar-refractivity contribution in [1.82, 2.24) is 24.5 Å². The SMILES string of the molecule is CN(C)C1CCN(CCCN2CCN(CCCN3CCC(OC(=O)Nc4ccccc4-c4ccccc4)CC3)C2=O)CC1. The second kappa shape index (κ2) is 15.5. The second-order valence-corrected chi connectivity index (χ2v) is 12.5. The van der Waals surface area contributed by atoms with E-state index < -0.39 is 6.09 Å². The van der Waals surface area contributed by atoms with Crippen molar-refractivity contribution < 1.29 is 14.3 Å². The quantitative estimate of drug-likeness (QED) is 0.379. The standard InChI is InChI=1S/C34H50N6O3/c1-36(2)29-14-22-37(23-15-29)18-8-20-39-26-27-40(34(39)42)21-9-19-38-24-16-30(17-25-38)43-33(41)35-32-13-7-6-12-31(32)28-10-4-3-5-11-28/h3-7,10-13,29-30H,8-9,14-27H2,1-2H3,(H,35,41). The van der Waals surface area contributed by atoms with Crippen molar-refractivity contribution in [2.75, 3.05) is 84.9 Å². The Morgan fingerprint density at radius 3 is 1.93 bits per heavy atom. The predicted molar refractivity (Wildman–Crippen MR) is 172 cm³/mol. The summed E-state index contributed by atoms with van der Waals surface area (Å²) in [5, 5.41) is 2.96. The summed E-state index contributed by atoms with van der Waals surface area (Å²) < 4.78 is 5.79. The molecule has 234 valence electrons. The molecule has 0 aliphatic carbocycles. The largest absolute Gasteiger partial charge is 0.446 e. The zero-order chi connectivity index (χ0) is 30.0. The Labute approximate surface area is 257 Å². The summed E-state index contributed by atoms with van der Waals surface area (Å²) in [6, 6.07) is 18.8. The number of ether oxygens (including phenoxy) is 1. The van der Waals surface area contributed by atoms with E-state index in [2.05, 4.69) is 34.1 Å². The molecule has 1 N–H and O–H groups in total. The number of urea groups is 1. The normalized spacial score (nSPS) is 19.4. The number of piperidine rings is 2. The fraction of sp³-hybridized carbons (Fsp3) is 0.588. The van der Waals surface area contributed by atoms with Gasteiger partial charge in [0.15, 0.2) is 0 Å². The van der Waals surface area contributed by atoms with E-state index >= 15 is 0 Å². The monoisotopic (exact) mass is 590 g/mol. The van der Waals surface area contributed by atoms with E-state index in [0.29, 0.717) is 6.04 Å². The molecule has 3 aliphatic heterocycles. The van der Waals surface area contributed by atoms with Crippen LogP contribution >= 0.6 is 0 Å². The van der Waals surface area contributed by atoms with Crippen LogP contribution in [0, 0.1) is 0 Å². The van der Waals surface area contributed by atoms with Gasteiger partial charge in [0.05, 0.1) is 5.69 Å². The van der Waals surface area contributed by atoms with Crippen LogP contribution in [0.4, 0.5) is 15.3 Å². The second-order valence-electron chi connectivity index (χ2n) is 12.5. The van der Waals surface area contributed by atoms with Crippen LogP contribution in [0.25, 0.3) is 11.1 Å². The summed E-state index contributed by atoms with van der Waals surface area (Å²) in [6.07, 6.45) is 5.71. The summed E-state index contributed by atoms with van der Waals surface area (Å²) in [5.74, 6) is 0. The van der Waals surface area contributed by atoms with Gasteiger partial charge in [-0.1, -0.05) is 48.5 Å². The number of carbonyl (C=O) groups is 2. The number of likely N-dealkylation sites (tertiary alicyclic amines) is 2. The maximum Gasteiger partial charge on any atom is 0.411 e. The third-order valence-corrected chi connectivity index (χ3v) is 9.33. The molecular formula is C34H50N6O3. The van der Waals surface area contributed by atoms with Crippen LogP contribution in [-0.4, -0.2) is 128 Å². The maximum atomic E-state index is 12.9. The van der Waals surface area contributed by atoms with Crippen LogP contribution in [0.1, 0.15) is 38.5 Å². The third kappa shape index (κ3) is 8.94. The van der Waals surface area contributed by atoms with Gasteiger partial charge in [-0.15, -0.1) is 0 Å². The van der Waals surface area contributed by atoms with Crippen molar-refractivity contribution in [2.24, 2.45) is 0 Å². The molecule has 2 aromatic carbocycles. The molecular weight excluding hydrogens is 540 g/mol. The molecule has 0 spiro atoms. The molecule has 5 rings (SSSR count). The molecule has 0 atom stereocenters. The summed E-state index contributed by atoms with van der Waals surface area (Å²) in [6.45, 7) is 9.57. The van der Waals surface area contributed by atoms with Crippen molar-refractivity contribution >= 4 is 17.8 Å². The van der Waals surface area contributed by atoms with Crippen molar-refractivity contribution in [2.45, 2.75) is 50.7 Å². The van der Waals surface area contributed by atoms with Crippen LogP contribution in [0.3, 0.4) is 0 Å². The number of para-hydroxylation sites is 1. The van der Waals surface area contributed by atoms with E-state index in [-0.39, 0.29) is 12.1 Å². The van der Waals surface area contributed by atoms with Crippen LogP contribution in [0.15, 0.2) is 54.6 Å². The Morgan fingerprint density at radius 2 is 1.33 bits per heavy atom. The van der Waals surface area contributed by atoms with E-state index in [0.717, 1.165) is 94.9 Å². The highest BCUT2D eigenvalue weighted by molar-refractivity contribution is 5.91. The smallest absolute Gasteiger partial charge is 0.411 e. The van der Waals surface area contributed by atoms with E-state index in [4.69, 9.17) is 4.74 Å². The molecule has 0 unspecified atom stereocenters. The van der Waals surface area contributed by atoms with Gasteiger partial charge in [-0.25, -0.2) is 9.59 Å². The van der Waals surface area contributed by atoms with Gasteiger partial charge in [-0.2, -0.15) is 0 Å². The lowest BCUT2D eigenvalue weighted by Gasteiger charge is -2.35. The molecule has 0 bridgehead atoms. The molecule has 9 nitrogen and oxygen atoms in total. The summed E-state index contributed by atoms with van der Waals surface area (Å²) >= 11 is 0. The first-order valence-electron chi connectivity index (χ1n) is 16.2. The highest BCUT2D eigenvalue weighted by atomic mass is 16.6. The number of carbonyl (C=O) groups excluding carboxylic acids is 2. The first kappa shape index (κ1) is 31.3. The molecule has 3 heterocycles.